The molecule has 0 saturated heterocycles. The summed E-state index contributed by atoms with van der Waals surface area (Å²) in [5.41, 5.74) is 2.80. The molecular formula is C19H24ClNO2. The number of halogens is 1. The maximum absolute atomic E-state index is 10.8. The fourth-order valence-corrected chi connectivity index (χ4v) is 2.55. The van der Waals surface area contributed by atoms with Gasteiger partial charge in [-0.25, -0.2) is 4.79 Å². The van der Waals surface area contributed by atoms with Crippen LogP contribution in [0.2, 0.25) is 0 Å². The number of carboxylic acids is 1. The van der Waals surface area contributed by atoms with Crippen LogP contribution in [-0.4, -0.2) is 17.1 Å². The summed E-state index contributed by atoms with van der Waals surface area (Å²) >= 11 is 0. The van der Waals surface area contributed by atoms with Crippen LogP contribution in [0, 0.1) is 0 Å². The van der Waals surface area contributed by atoms with Gasteiger partial charge < -0.3 is 10.4 Å². The van der Waals surface area contributed by atoms with E-state index in [-0.39, 0.29) is 12.4 Å². The summed E-state index contributed by atoms with van der Waals surface area (Å²) in [6, 6.07) is 18.3. The van der Waals surface area contributed by atoms with E-state index in [1.165, 1.54) is 11.1 Å². The molecular weight excluding hydrogens is 310 g/mol. The number of carboxylic acid groups (broad SMARTS) is 1. The summed E-state index contributed by atoms with van der Waals surface area (Å²) < 4.78 is 0. The zero-order valence-corrected chi connectivity index (χ0v) is 14.3. The number of benzene rings is 2. The highest BCUT2D eigenvalue weighted by atomic mass is 35.5. The Morgan fingerprint density at radius 2 is 1.65 bits per heavy atom. The van der Waals surface area contributed by atoms with Crippen LogP contribution in [0.15, 0.2) is 54.6 Å². The van der Waals surface area contributed by atoms with Gasteiger partial charge in [0.25, 0.3) is 0 Å². The summed E-state index contributed by atoms with van der Waals surface area (Å²) in [4.78, 5) is 10.8. The Bertz CT molecular complexity index is 599. The largest absolute Gasteiger partial charge is 0.478 e. The van der Waals surface area contributed by atoms with Crippen LogP contribution in [0.4, 0.5) is 0 Å². The van der Waals surface area contributed by atoms with Gasteiger partial charge in [-0.3, -0.25) is 0 Å². The first-order chi connectivity index (χ1) is 10.6. The maximum atomic E-state index is 10.8. The summed E-state index contributed by atoms with van der Waals surface area (Å²) in [6.45, 7) is 4.36. The Kier molecular flexibility index (Phi) is 7.79. The third kappa shape index (κ3) is 6.05. The van der Waals surface area contributed by atoms with Gasteiger partial charge in [0, 0.05) is 12.1 Å². The number of rotatable bonds is 7. The molecule has 0 saturated carbocycles. The zero-order valence-electron chi connectivity index (χ0n) is 13.5. The topological polar surface area (TPSA) is 49.3 Å². The molecule has 0 aromatic heterocycles. The summed E-state index contributed by atoms with van der Waals surface area (Å²) in [6.07, 6.45) is 1.96. The number of carbonyl (C=O) groups is 1. The van der Waals surface area contributed by atoms with Crippen molar-refractivity contribution in [3.63, 3.8) is 0 Å². The van der Waals surface area contributed by atoms with Gasteiger partial charge in [-0.1, -0.05) is 42.5 Å². The van der Waals surface area contributed by atoms with E-state index < -0.39 is 5.97 Å². The van der Waals surface area contributed by atoms with Crippen LogP contribution >= 0.6 is 12.4 Å². The minimum atomic E-state index is -0.877. The van der Waals surface area contributed by atoms with E-state index in [9.17, 15) is 4.79 Å². The van der Waals surface area contributed by atoms with E-state index in [1.54, 1.807) is 12.1 Å². The van der Waals surface area contributed by atoms with E-state index in [1.807, 2.05) is 18.2 Å². The SMILES string of the molecule is C[C@H](N[C@@H](C)CCc1ccc(C(=O)O)cc1)c1ccccc1.Cl. The molecule has 3 nitrogen and oxygen atoms in total. The molecule has 2 atom stereocenters. The van der Waals surface area contributed by atoms with Crippen molar-refractivity contribution in [1.82, 2.24) is 5.32 Å². The molecule has 0 fully saturated rings. The maximum Gasteiger partial charge on any atom is 0.335 e. The van der Waals surface area contributed by atoms with Gasteiger partial charge >= 0.3 is 5.97 Å². The zero-order chi connectivity index (χ0) is 15.9. The van der Waals surface area contributed by atoms with Crippen LogP contribution in [-0.2, 0) is 6.42 Å². The third-order valence-electron chi connectivity index (χ3n) is 3.90. The van der Waals surface area contributed by atoms with Crippen molar-refractivity contribution in [2.24, 2.45) is 0 Å². The van der Waals surface area contributed by atoms with Gasteiger partial charge in [-0.15, -0.1) is 12.4 Å². The van der Waals surface area contributed by atoms with Crippen LogP contribution in [0.3, 0.4) is 0 Å². The summed E-state index contributed by atoms with van der Waals surface area (Å²) in [7, 11) is 0. The van der Waals surface area contributed by atoms with Crippen molar-refractivity contribution < 1.29 is 9.90 Å². The van der Waals surface area contributed by atoms with Crippen LogP contribution in [0.1, 0.15) is 47.8 Å². The Morgan fingerprint density at radius 3 is 2.22 bits per heavy atom. The molecule has 124 valence electrons. The first-order valence-corrected chi connectivity index (χ1v) is 7.69. The lowest BCUT2D eigenvalue weighted by molar-refractivity contribution is 0.0697. The normalized spacial score (nSPS) is 13.0. The molecule has 2 aromatic rings. The number of nitrogens with one attached hydrogen (secondary N) is 1. The van der Waals surface area contributed by atoms with Gasteiger partial charge in [0.15, 0.2) is 0 Å². The molecule has 23 heavy (non-hydrogen) atoms. The lowest BCUT2D eigenvalue weighted by Gasteiger charge is -2.20. The minimum absolute atomic E-state index is 0. The molecule has 0 aliphatic carbocycles. The number of hydrogen-bond acceptors (Lipinski definition) is 2. The second-order valence-corrected chi connectivity index (χ2v) is 5.74. The average molecular weight is 334 g/mol. The Morgan fingerprint density at radius 1 is 1.04 bits per heavy atom. The lowest BCUT2D eigenvalue weighted by Crippen LogP contribution is -2.29. The van der Waals surface area contributed by atoms with Crippen LogP contribution < -0.4 is 5.32 Å². The Labute approximate surface area is 144 Å². The molecule has 0 aliphatic heterocycles. The first kappa shape index (κ1) is 19.2. The fraction of sp³-hybridized carbons (Fsp3) is 0.316. The van der Waals surface area contributed by atoms with Crippen molar-refractivity contribution >= 4 is 18.4 Å². The molecule has 2 aromatic carbocycles. The van der Waals surface area contributed by atoms with Crippen LogP contribution in [0.5, 0.6) is 0 Å². The highest BCUT2D eigenvalue weighted by molar-refractivity contribution is 5.87. The van der Waals surface area contributed by atoms with E-state index in [2.05, 4.69) is 43.4 Å². The highest BCUT2D eigenvalue weighted by Gasteiger charge is 2.09. The van der Waals surface area contributed by atoms with Gasteiger partial charge in [-0.2, -0.15) is 0 Å². The molecule has 0 radical (unpaired) electrons. The monoisotopic (exact) mass is 333 g/mol. The molecule has 2 rings (SSSR count). The fourth-order valence-electron chi connectivity index (χ4n) is 2.55. The molecule has 0 unspecified atom stereocenters. The Balaban J connectivity index is 0.00000264. The predicted molar refractivity (Wildman–Crippen MR) is 96.4 cm³/mol. The lowest BCUT2D eigenvalue weighted by atomic mass is 10.0. The van der Waals surface area contributed by atoms with Crippen molar-refractivity contribution in [3.05, 3.63) is 71.3 Å². The van der Waals surface area contributed by atoms with Gasteiger partial charge in [0.1, 0.15) is 0 Å². The first-order valence-electron chi connectivity index (χ1n) is 7.69. The average Bonchev–Trinajstić information content (AvgIpc) is 2.54. The predicted octanol–water partition coefficient (Wildman–Crippen LogP) is 4.48. The van der Waals surface area contributed by atoms with Gasteiger partial charge in [-0.05, 0) is 49.9 Å². The van der Waals surface area contributed by atoms with Gasteiger partial charge in [0.2, 0.25) is 0 Å². The standard InChI is InChI=1S/C19H23NO2.ClH/c1-14(20-15(2)17-6-4-3-5-7-17)8-9-16-10-12-18(13-11-16)19(21)22;/h3-7,10-15,20H,8-9H2,1-2H3,(H,21,22);1H/t14-,15-;/m0./s1. The molecule has 0 aliphatic rings. The van der Waals surface area contributed by atoms with Crippen molar-refractivity contribution in [2.75, 3.05) is 0 Å². The second kappa shape index (κ2) is 9.33. The highest BCUT2D eigenvalue weighted by Crippen LogP contribution is 2.14. The van der Waals surface area contributed by atoms with Crippen molar-refractivity contribution in [3.8, 4) is 0 Å². The van der Waals surface area contributed by atoms with Crippen LogP contribution in [0.25, 0.3) is 0 Å². The van der Waals surface area contributed by atoms with E-state index in [0.29, 0.717) is 17.6 Å². The molecule has 4 heteroatoms. The van der Waals surface area contributed by atoms with E-state index in [4.69, 9.17) is 5.11 Å². The van der Waals surface area contributed by atoms with E-state index >= 15 is 0 Å². The molecule has 0 spiro atoms. The van der Waals surface area contributed by atoms with Gasteiger partial charge in [0.05, 0.1) is 5.56 Å². The smallest absolute Gasteiger partial charge is 0.335 e. The molecule has 0 heterocycles. The number of aromatic carboxylic acids is 1. The molecule has 0 amide bonds. The van der Waals surface area contributed by atoms with Crippen molar-refractivity contribution in [1.29, 1.82) is 0 Å². The number of hydrogen-bond donors (Lipinski definition) is 2. The van der Waals surface area contributed by atoms with Crippen molar-refractivity contribution in [2.45, 2.75) is 38.8 Å². The summed E-state index contributed by atoms with van der Waals surface area (Å²) in [5.74, 6) is -0.877. The number of aryl methyl sites for hydroxylation is 1. The summed E-state index contributed by atoms with van der Waals surface area (Å²) in [5, 5.41) is 12.5. The molecule has 2 N–H and O–H groups in total. The Hall–Kier alpha value is -1.84. The third-order valence-corrected chi connectivity index (χ3v) is 3.90. The second-order valence-electron chi connectivity index (χ2n) is 5.74. The quantitative estimate of drug-likeness (QED) is 0.785. The minimum Gasteiger partial charge on any atom is -0.478 e. The molecule has 0 bridgehead atoms. The van der Waals surface area contributed by atoms with E-state index in [0.717, 1.165) is 12.8 Å².